The van der Waals surface area contributed by atoms with Crippen LogP contribution in [0.25, 0.3) is 10.2 Å². The predicted octanol–water partition coefficient (Wildman–Crippen LogP) is 0.689. The fourth-order valence-corrected chi connectivity index (χ4v) is 3.23. The molecule has 0 aliphatic rings. The molecule has 0 fully saturated rings. The van der Waals surface area contributed by atoms with Crippen molar-refractivity contribution in [1.82, 2.24) is 19.8 Å². The molecule has 1 amide bonds. The molecule has 25 heavy (non-hydrogen) atoms. The number of methoxy groups -OCH3 is 1. The summed E-state index contributed by atoms with van der Waals surface area (Å²) >= 11 is 1.47. The van der Waals surface area contributed by atoms with Crippen LogP contribution in [0, 0.1) is 0 Å². The third kappa shape index (κ3) is 3.67. The summed E-state index contributed by atoms with van der Waals surface area (Å²) in [6, 6.07) is 10.6. The number of nitrogens with zero attached hydrogens (tertiary/aromatic N) is 4. The van der Waals surface area contributed by atoms with Crippen LogP contribution in [-0.4, -0.2) is 34.0 Å². The normalized spacial score (nSPS) is 11.8. The molecular weight excluding hydrogens is 342 g/mol. The first kappa shape index (κ1) is 17.1. The molecule has 0 saturated heterocycles. The van der Waals surface area contributed by atoms with Gasteiger partial charge in [-0.1, -0.05) is 23.5 Å². The van der Waals surface area contributed by atoms with Gasteiger partial charge in [-0.2, -0.15) is 5.10 Å². The molecule has 0 saturated carbocycles. The quantitative estimate of drug-likeness (QED) is 0.679. The van der Waals surface area contributed by atoms with Crippen molar-refractivity contribution < 1.29 is 9.53 Å². The van der Waals surface area contributed by atoms with E-state index in [2.05, 4.69) is 15.6 Å². The lowest BCUT2D eigenvalue weighted by Crippen LogP contribution is -2.29. The van der Waals surface area contributed by atoms with Crippen molar-refractivity contribution in [3.63, 3.8) is 0 Å². The molecule has 0 unspecified atom stereocenters. The molecule has 0 spiro atoms. The van der Waals surface area contributed by atoms with Gasteiger partial charge in [0.15, 0.2) is 5.69 Å². The maximum absolute atomic E-state index is 12.3. The number of hydrogen-bond acceptors (Lipinski definition) is 6. The van der Waals surface area contributed by atoms with Gasteiger partial charge < -0.3 is 9.30 Å². The van der Waals surface area contributed by atoms with Crippen molar-refractivity contribution in [3.05, 3.63) is 57.2 Å². The second-order valence-corrected chi connectivity index (χ2v) is 6.25. The Morgan fingerprint density at radius 3 is 2.88 bits per heavy atom. The lowest BCUT2D eigenvalue weighted by Gasteiger charge is -2.05. The van der Waals surface area contributed by atoms with Crippen LogP contribution in [0.4, 0.5) is 0 Å². The highest BCUT2D eigenvalue weighted by molar-refractivity contribution is 7.16. The van der Waals surface area contributed by atoms with E-state index in [-0.39, 0.29) is 17.8 Å². The minimum atomic E-state index is -0.483. The summed E-state index contributed by atoms with van der Waals surface area (Å²) < 4.78 is 9.09. The number of ether oxygens (including phenoxy) is 1. The molecule has 9 heteroatoms. The van der Waals surface area contributed by atoms with Gasteiger partial charge in [0.05, 0.1) is 23.4 Å². The Hall–Kier alpha value is -2.78. The summed E-state index contributed by atoms with van der Waals surface area (Å²) in [6.07, 6.45) is 0. The summed E-state index contributed by atoms with van der Waals surface area (Å²) in [6.45, 7) is 0.610. The summed E-state index contributed by atoms with van der Waals surface area (Å²) in [5.41, 5.74) is 3.34. The van der Waals surface area contributed by atoms with E-state index in [1.165, 1.54) is 35.3 Å². The second kappa shape index (κ2) is 7.41. The number of rotatable bonds is 5. The van der Waals surface area contributed by atoms with Crippen LogP contribution < -0.4 is 15.8 Å². The number of amides is 1. The lowest BCUT2D eigenvalue weighted by atomic mass is 10.3. The number of para-hydroxylation sites is 1. The zero-order chi connectivity index (χ0) is 17.8. The topological polar surface area (TPSA) is 90.5 Å². The van der Waals surface area contributed by atoms with E-state index in [4.69, 9.17) is 4.74 Å². The van der Waals surface area contributed by atoms with E-state index < -0.39 is 5.91 Å². The van der Waals surface area contributed by atoms with E-state index in [1.807, 2.05) is 35.9 Å². The number of carbonyl (C=O) groups is 1. The molecule has 1 N–H and O–H groups in total. The number of aryl methyl sites for hydroxylation is 1. The average molecular weight is 359 g/mol. The van der Waals surface area contributed by atoms with E-state index in [0.29, 0.717) is 11.4 Å². The largest absolute Gasteiger partial charge is 0.383 e. The molecule has 0 aliphatic carbocycles. The fourth-order valence-electron chi connectivity index (χ4n) is 2.25. The smallest absolute Gasteiger partial charge is 0.291 e. The first-order chi connectivity index (χ1) is 12.1. The van der Waals surface area contributed by atoms with E-state index in [1.54, 1.807) is 0 Å². The maximum Gasteiger partial charge on any atom is 0.291 e. The van der Waals surface area contributed by atoms with Gasteiger partial charge in [0.25, 0.3) is 11.5 Å². The Bertz CT molecular complexity index is 1030. The Morgan fingerprint density at radius 2 is 2.12 bits per heavy atom. The number of fused-ring (bicyclic) bond motifs is 1. The summed E-state index contributed by atoms with van der Waals surface area (Å²) in [5.74, 6) is -0.483. The third-order valence-corrected chi connectivity index (χ3v) is 4.69. The van der Waals surface area contributed by atoms with Gasteiger partial charge in [-0.05, 0) is 18.2 Å². The highest BCUT2D eigenvalue weighted by atomic mass is 32.1. The number of carbonyl (C=O) groups excluding carboxylic acids is 1. The van der Waals surface area contributed by atoms with E-state index >= 15 is 0 Å². The first-order valence-electron chi connectivity index (χ1n) is 7.56. The van der Waals surface area contributed by atoms with Gasteiger partial charge in [-0.15, -0.1) is 5.10 Å². The molecule has 2 heterocycles. The van der Waals surface area contributed by atoms with Crippen LogP contribution in [0.2, 0.25) is 0 Å². The molecule has 3 rings (SSSR count). The van der Waals surface area contributed by atoms with Gasteiger partial charge in [-0.25, -0.2) is 10.1 Å². The molecule has 0 aliphatic heterocycles. The van der Waals surface area contributed by atoms with Gasteiger partial charge >= 0.3 is 0 Å². The standard InChI is InChI=1S/C16H17N5O3S/c1-20-12-5-3-4-6-13(12)25-16(20)18-17-15(23)11-7-8-14(22)21(19-11)9-10-24-2/h3-8H,9-10H2,1-2H3,(H,17,23). The maximum atomic E-state index is 12.3. The molecule has 0 radical (unpaired) electrons. The summed E-state index contributed by atoms with van der Waals surface area (Å²) in [4.78, 5) is 24.6. The lowest BCUT2D eigenvalue weighted by molar-refractivity contribution is 0.0944. The first-order valence-corrected chi connectivity index (χ1v) is 8.37. The van der Waals surface area contributed by atoms with Gasteiger partial charge in [0, 0.05) is 20.2 Å². The molecule has 130 valence electrons. The van der Waals surface area contributed by atoms with Crippen molar-refractivity contribution >= 4 is 27.5 Å². The predicted molar refractivity (Wildman–Crippen MR) is 94.2 cm³/mol. The molecule has 8 nitrogen and oxygen atoms in total. The Kier molecular flexibility index (Phi) is 5.05. The van der Waals surface area contributed by atoms with Crippen molar-refractivity contribution in [2.24, 2.45) is 12.1 Å². The molecule has 2 aromatic heterocycles. The fraction of sp³-hybridized carbons (Fsp3) is 0.250. The van der Waals surface area contributed by atoms with E-state index in [9.17, 15) is 9.59 Å². The Morgan fingerprint density at radius 1 is 1.32 bits per heavy atom. The van der Waals surface area contributed by atoms with Crippen molar-refractivity contribution in [1.29, 1.82) is 0 Å². The molecule has 1 aromatic carbocycles. The van der Waals surface area contributed by atoms with Crippen LogP contribution in [0.3, 0.4) is 0 Å². The van der Waals surface area contributed by atoms with Crippen molar-refractivity contribution in [2.75, 3.05) is 13.7 Å². The van der Waals surface area contributed by atoms with Crippen molar-refractivity contribution in [2.45, 2.75) is 6.54 Å². The van der Waals surface area contributed by atoms with Gasteiger partial charge in [0.1, 0.15) is 0 Å². The minimum Gasteiger partial charge on any atom is -0.383 e. The number of benzene rings is 1. The molecule has 3 aromatic rings. The van der Waals surface area contributed by atoms with Crippen LogP contribution in [0.15, 0.2) is 46.3 Å². The zero-order valence-corrected chi connectivity index (χ0v) is 14.6. The van der Waals surface area contributed by atoms with Crippen molar-refractivity contribution in [3.8, 4) is 0 Å². The molecule has 0 atom stereocenters. The molecular formula is C16H17N5O3S. The Labute approximate surface area is 147 Å². The average Bonchev–Trinajstić information content (AvgIpc) is 2.95. The number of aromatic nitrogens is 3. The Balaban J connectivity index is 1.84. The number of hydrogen-bond donors (Lipinski definition) is 1. The SMILES string of the molecule is COCCn1nc(C(=O)NN=c2sc3ccccc3n2C)ccc1=O. The minimum absolute atomic E-state index is 0.114. The van der Waals surface area contributed by atoms with Gasteiger partial charge in [0.2, 0.25) is 4.80 Å². The number of thiazole rings is 1. The van der Waals surface area contributed by atoms with Crippen LogP contribution in [-0.2, 0) is 18.3 Å². The highest BCUT2D eigenvalue weighted by Gasteiger charge is 2.09. The highest BCUT2D eigenvalue weighted by Crippen LogP contribution is 2.14. The zero-order valence-electron chi connectivity index (χ0n) is 13.8. The summed E-state index contributed by atoms with van der Waals surface area (Å²) in [5, 5.41) is 8.20. The number of nitrogens with one attached hydrogen (secondary N) is 1. The van der Waals surface area contributed by atoms with E-state index in [0.717, 1.165) is 10.2 Å². The monoisotopic (exact) mass is 359 g/mol. The summed E-state index contributed by atoms with van der Waals surface area (Å²) in [7, 11) is 3.42. The third-order valence-electron chi connectivity index (χ3n) is 3.57. The van der Waals surface area contributed by atoms with Crippen LogP contribution in [0.5, 0.6) is 0 Å². The van der Waals surface area contributed by atoms with Gasteiger partial charge in [-0.3, -0.25) is 9.59 Å². The second-order valence-electron chi connectivity index (χ2n) is 5.24. The molecule has 0 bridgehead atoms. The van der Waals surface area contributed by atoms with Crippen LogP contribution in [0.1, 0.15) is 10.5 Å². The van der Waals surface area contributed by atoms with Crippen LogP contribution >= 0.6 is 11.3 Å².